The number of nitrogens with zero attached hydrogens (tertiary/aromatic N) is 1. The minimum Gasteiger partial charge on any atom is -0.454 e. The molecule has 0 saturated carbocycles. The second kappa shape index (κ2) is 4.12. The van der Waals surface area contributed by atoms with Gasteiger partial charge in [-0.25, -0.2) is 0 Å². The molecule has 0 radical (unpaired) electrons. The van der Waals surface area contributed by atoms with E-state index >= 15 is 0 Å². The predicted molar refractivity (Wildman–Crippen MR) is 65.2 cm³/mol. The van der Waals surface area contributed by atoms with Crippen molar-refractivity contribution in [3.8, 4) is 11.5 Å². The molecule has 1 aliphatic heterocycles. The fourth-order valence-electron chi connectivity index (χ4n) is 1.92. The van der Waals surface area contributed by atoms with Crippen LogP contribution in [0.3, 0.4) is 0 Å². The Hall–Kier alpha value is -2.30. The number of halogens is 3. The van der Waals surface area contributed by atoms with Gasteiger partial charge in [0.1, 0.15) is 11.4 Å². The molecule has 3 rings (SSSR count). The fourth-order valence-corrected chi connectivity index (χ4v) is 1.92. The van der Waals surface area contributed by atoms with Crippen LogP contribution in [0.25, 0.3) is 0 Å². The fraction of sp³-hybridized carbons (Fsp3) is 0.0714. The summed E-state index contributed by atoms with van der Waals surface area (Å²) < 4.78 is 44.3. The van der Waals surface area contributed by atoms with Gasteiger partial charge in [0.05, 0.1) is 5.56 Å². The van der Waals surface area contributed by atoms with Gasteiger partial charge in [-0.3, -0.25) is 4.99 Å². The number of benzene rings is 2. The van der Waals surface area contributed by atoms with E-state index in [0.29, 0.717) is 11.4 Å². The van der Waals surface area contributed by atoms with E-state index in [0.717, 1.165) is 6.07 Å². The third-order valence-corrected chi connectivity index (χ3v) is 2.79. The molecule has 19 heavy (non-hydrogen) atoms. The van der Waals surface area contributed by atoms with Crippen LogP contribution >= 0.6 is 0 Å². The monoisotopic (exact) mass is 263 g/mol. The van der Waals surface area contributed by atoms with Crippen LogP contribution in [0.15, 0.2) is 47.5 Å². The molecule has 0 spiro atoms. The molecule has 0 aromatic heterocycles. The summed E-state index contributed by atoms with van der Waals surface area (Å²) in [6, 6.07) is 10.7. The molecule has 0 N–H and O–H groups in total. The maximum absolute atomic E-state index is 12.9. The summed E-state index contributed by atoms with van der Waals surface area (Å²) in [5.41, 5.74) is -0.292. The lowest BCUT2D eigenvalue weighted by Gasteiger charge is -2.13. The van der Waals surface area contributed by atoms with Gasteiger partial charge in [0.15, 0.2) is 5.75 Å². The number of hydrogen-bond donors (Lipinski definition) is 0. The smallest absolute Gasteiger partial charge is 0.417 e. The van der Waals surface area contributed by atoms with E-state index in [-0.39, 0.29) is 11.3 Å². The zero-order valence-electron chi connectivity index (χ0n) is 9.61. The van der Waals surface area contributed by atoms with Crippen molar-refractivity contribution in [2.75, 3.05) is 0 Å². The molecule has 0 atom stereocenters. The largest absolute Gasteiger partial charge is 0.454 e. The molecule has 2 aromatic rings. The summed E-state index contributed by atoms with van der Waals surface area (Å²) in [7, 11) is 0. The van der Waals surface area contributed by atoms with Crippen LogP contribution in [0.2, 0.25) is 0 Å². The zero-order chi connectivity index (χ0) is 13.5. The topological polar surface area (TPSA) is 21.6 Å². The minimum absolute atomic E-state index is 0.0498. The lowest BCUT2D eigenvalue weighted by atomic mass is 10.1. The van der Waals surface area contributed by atoms with Crippen molar-refractivity contribution in [3.63, 3.8) is 0 Å². The molecule has 0 aliphatic carbocycles. The third kappa shape index (κ3) is 2.07. The van der Waals surface area contributed by atoms with Crippen molar-refractivity contribution >= 4 is 11.9 Å². The Labute approximate surface area is 107 Å². The van der Waals surface area contributed by atoms with Crippen molar-refractivity contribution in [3.05, 3.63) is 53.6 Å². The van der Waals surface area contributed by atoms with Crippen LogP contribution < -0.4 is 4.74 Å². The molecule has 0 amide bonds. The Morgan fingerprint density at radius 2 is 1.63 bits per heavy atom. The molecule has 2 nitrogen and oxygen atoms in total. The number of alkyl halides is 3. The first-order valence-corrected chi connectivity index (χ1v) is 5.57. The summed E-state index contributed by atoms with van der Waals surface area (Å²) in [5.74, 6) is 0.598. The van der Waals surface area contributed by atoms with Gasteiger partial charge in [-0.05, 0) is 24.3 Å². The Balaban J connectivity index is 2.19. The second-order valence-corrected chi connectivity index (χ2v) is 4.04. The third-order valence-electron chi connectivity index (χ3n) is 2.79. The number of para-hydroxylation sites is 2. The van der Waals surface area contributed by atoms with Crippen LogP contribution in [0.5, 0.6) is 11.5 Å². The summed E-state index contributed by atoms with van der Waals surface area (Å²) in [6.45, 7) is 0. The average Bonchev–Trinajstić information content (AvgIpc) is 2.55. The summed E-state index contributed by atoms with van der Waals surface area (Å²) in [6.07, 6.45) is -3.23. The number of rotatable bonds is 0. The molecule has 0 fully saturated rings. The summed E-state index contributed by atoms with van der Waals surface area (Å²) >= 11 is 0. The van der Waals surface area contributed by atoms with E-state index in [2.05, 4.69) is 4.99 Å². The average molecular weight is 263 g/mol. The predicted octanol–water partition coefficient (Wildman–Crippen LogP) is 4.56. The molecule has 2 aromatic carbocycles. The highest BCUT2D eigenvalue weighted by Crippen LogP contribution is 2.40. The first-order chi connectivity index (χ1) is 9.05. The van der Waals surface area contributed by atoms with Crippen molar-refractivity contribution in [2.24, 2.45) is 4.99 Å². The van der Waals surface area contributed by atoms with Crippen LogP contribution in [0.4, 0.5) is 18.9 Å². The maximum atomic E-state index is 12.9. The van der Waals surface area contributed by atoms with Crippen molar-refractivity contribution in [1.29, 1.82) is 0 Å². The molecule has 1 heterocycles. The first kappa shape index (κ1) is 11.8. The van der Waals surface area contributed by atoms with Crippen LogP contribution in [0.1, 0.15) is 11.1 Å². The van der Waals surface area contributed by atoms with Gasteiger partial charge in [-0.2, -0.15) is 13.2 Å². The lowest BCUT2D eigenvalue weighted by molar-refractivity contribution is -0.137. The molecule has 0 bridgehead atoms. The van der Waals surface area contributed by atoms with Crippen LogP contribution in [0, 0.1) is 0 Å². The lowest BCUT2D eigenvalue weighted by Crippen LogP contribution is -2.09. The Morgan fingerprint density at radius 1 is 0.895 bits per heavy atom. The van der Waals surface area contributed by atoms with Gasteiger partial charge >= 0.3 is 6.18 Å². The van der Waals surface area contributed by atoms with E-state index in [9.17, 15) is 13.2 Å². The van der Waals surface area contributed by atoms with E-state index in [1.807, 2.05) is 0 Å². The van der Waals surface area contributed by atoms with Crippen molar-refractivity contribution in [1.82, 2.24) is 0 Å². The molecular formula is C14H8F3NO. The number of hydrogen-bond acceptors (Lipinski definition) is 2. The molecule has 1 aliphatic rings. The van der Waals surface area contributed by atoms with E-state index in [4.69, 9.17) is 4.74 Å². The highest BCUT2D eigenvalue weighted by molar-refractivity contribution is 5.89. The van der Waals surface area contributed by atoms with E-state index in [1.165, 1.54) is 18.3 Å². The highest BCUT2D eigenvalue weighted by atomic mass is 19.4. The van der Waals surface area contributed by atoms with E-state index in [1.54, 1.807) is 24.3 Å². The standard InChI is InChI=1S/C14H8F3NO/c15-14(16,17)10-4-3-7-12-9(10)8-18-11-5-1-2-6-13(11)19-12/h1-8H. The maximum Gasteiger partial charge on any atom is 0.417 e. The highest BCUT2D eigenvalue weighted by Gasteiger charge is 2.34. The van der Waals surface area contributed by atoms with E-state index < -0.39 is 11.7 Å². The Morgan fingerprint density at radius 3 is 2.42 bits per heavy atom. The first-order valence-electron chi connectivity index (χ1n) is 5.57. The zero-order valence-corrected chi connectivity index (χ0v) is 9.61. The SMILES string of the molecule is FC(F)(F)c1cccc2c1C=Nc1ccccc1O2. The summed E-state index contributed by atoms with van der Waals surface area (Å²) in [4.78, 5) is 4.05. The normalized spacial score (nSPS) is 13.2. The van der Waals surface area contributed by atoms with Gasteiger partial charge in [-0.1, -0.05) is 18.2 Å². The Kier molecular flexibility index (Phi) is 2.55. The molecule has 5 heteroatoms. The quantitative estimate of drug-likeness (QED) is 0.582. The van der Waals surface area contributed by atoms with Gasteiger partial charge in [-0.15, -0.1) is 0 Å². The van der Waals surface area contributed by atoms with Crippen LogP contribution in [-0.2, 0) is 6.18 Å². The van der Waals surface area contributed by atoms with Crippen molar-refractivity contribution < 1.29 is 17.9 Å². The second-order valence-electron chi connectivity index (χ2n) is 4.04. The Bertz CT molecular complexity index is 662. The molecule has 0 unspecified atom stereocenters. The molecular weight excluding hydrogens is 255 g/mol. The van der Waals surface area contributed by atoms with Gasteiger partial charge in [0, 0.05) is 11.8 Å². The molecule has 0 saturated heterocycles. The minimum atomic E-state index is -4.43. The number of aliphatic imine (C=N–C) groups is 1. The number of fused-ring (bicyclic) bond motifs is 2. The van der Waals surface area contributed by atoms with Gasteiger partial charge in [0.2, 0.25) is 0 Å². The van der Waals surface area contributed by atoms with Gasteiger partial charge < -0.3 is 4.74 Å². The van der Waals surface area contributed by atoms with Gasteiger partial charge in [0.25, 0.3) is 0 Å². The van der Waals surface area contributed by atoms with Crippen LogP contribution in [-0.4, -0.2) is 6.21 Å². The number of ether oxygens (including phenoxy) is 1. The molecule has 96 valence electrons. The van der Waals surface area contributed by atoms with Crippen molar-refractivity contribution in [2.45, 2.75) is 6.18 Å². The summed E-state index contributed by atoms with van der Waals surface area (Å²) in [5, 5.41) is 0.